The molecule has 4 N–H and O–H groups in total. The first kappa shape index (κ1) is 10.4. The van der Waals surface area contributed by atoms with Crippen LogP contribution in [-0.4, -0.2) is 18.5 Å². The van der Waals surface area contributed by atoms with Crippen LogP contribution in [0.3, 0.4) is 0 Å². The lowest BCUT2D eigenvalue weighted by Gasteiger charge is -2.16. The van der Waals surface area contributed by atoms with Gasteiger partial charge in [0.25, 0.3) is 0 Å². The minimum absolute atomic E-state index is 0.112. The predicted octanol–water partition coefficient (Wildman–Crippen LogP) is -0.221. The second-order valence-corrected chi connectivity index (χ2v) is 3.20. The Balaban J connectivity index is 3.57. The van der Waals surface area contributed by atoms with Gasteiger partial charge in [0.2, 0.25) is 5.91 Å². The number of hydrogen-bond donors (Lipinski definition) is 2. The van der Waals surface area contributed by atoms with E-state index in [-0.39, 0.29) is 11.9 Å². The Labute approximate surface area is 68.3 Å². The fourth-order valence-corrected chi connectivity index (χ4v) is 0.653. The third kappa shape index (κ3) is 4.79. The molecule has 0 fully saturated rings. The van der Waals surface area contributed by atoms with Crippen LogP contribution < -0.4 is 11.1 Å². The van der Waals surface area contributed by atoms with Gasteiger partial charge in [-0.05, 0) is 12.8 Å². The van der Waals surface area contributed by atoms with Gasteiger partial charge in [-0.25, -0.2) is 0 Å². The largest absolute Gasteiger partial charge is 0.357 e. The Morgan fingerprint density at radius 3 is 2.36 bits per heavy atom. The molecule has 1 unspecified atom stereocenters. The molecule has 0 rings (SSSR count). The van der Waals surface area contributed by atoms with Gasteiger partial charge in [-0.2, -0.15) is 0 Å². The molecule has 0 saturated carbocycles. The molecular formula is C8H19N2O+. The van der Waals surface area contributed by atoms with Gasteiger partial charge < -0.3 is 11.1 Å². The maximum absolute atomic E-state index is 11.0. The van der Waals surface area contributed by atoms with Crippen molar-refractivity contribution in [2.24, 2.45) is 5.92 Å². The van der Waals surface area contributed by atoms with Crippen LogP contribution in [0.25, 0.3) is 0 Å². The number of amides is 1. The minimum atomic E-state index is 0.112. The Morgan fingerprint density at radius 1 is 1.45 bits per heavy atom. The summed E-state index contributed by atoms with van der Waals surface area (Å²) in [6.07, 6.45) is 0.539. The number of rotatable bonds is 4. The monoisotopic (exact) mass is 159 g/mol. The Morgan fingerprint density at radius 2 is 2.00 bits per heavy atom. The van der Waals surface area contributed by atoms with Crippen LogP contribution in [0.2, 0.25) is 0 Å². The zero-order valence-corrected chi connectivity index (χ0v) is 7.68. The van der Waals surface area contributed by atoms with Crippen LogP contribution in [0, 0.1) is 5.92 Å². The van der Waals surface area contributed by atoms with Gasteiger partial charge in [0.15, 0.2) is 0 Å². The molecule has 0 aromatic carbocycles. The van der Waals surface area contributed by atoms with E-state index in [0.29, 0.717) is 18.9 Å². The maximum Gasteiger partial charge on any atom is 0.225 e. The molecule has 66 valence electrons. The van der Waals surface area contributed by atoms with Gasteiger partial charge in [-0.15, -0.1) is 0 Å². The molecule has 0 heterocycles. The van der Waals surface area contributed by atoms with Gasteiger partial charge in [0.05, 0.1) is 13.0 Å². The lowest BCUT2D eigenvalue weighted by Crippen LogP contribution is -2.52. The summed E-state index contributed by atoms with van der Waals surface area (Å²) in [5.74, 6) is 0.616. The summed E-state index contributed by atoms with van der Waals surface area (Å²) >= 11 is 0. The number of carbonyl (C=O) groups is 1. The Bertz CT molecular complexity index is 123. The van der Waals surface area contributed by atoms with Crippen LogP contribution in [0.5, 0.6) is 0 Å². The Hall–Kier alpha value is -0.570. The zero-order valence-electron chi connectivity index (χ0n) is 7.68. The summed E-state index contributed by atoms with van der Waals surface area (Å²) in [5.41, 5.74) is 3.62. The molecule has 3 heteroatoms. The standard InChI is InChI=1S/C8H18N2O/c1-6(2)7(3)10-8(11)4-5-9/h6-7H,4-5,9H2,1-3H3,(H,10,11)/p+1. The molecule has 0 aliphatic heterocycles. The molecule has 0 bridgehead atoms. The highest BCUT2D eigenvalue weighted by Crippen LogP contribution is 1.99. The Kier molecular flexibility index (Phi) is 4.86. The van der Waals surface area contributed by atoms with Gasteiger partial charge in [-0.1, -0.05) is 13.8 Å². The van der Waals surface area contributed by atoms with E-state index < -0.39 is 0 Å². The summed E-state index contributed by atoms with van der Waals surface area (Å²) in [6.45, 7) is 6.88. The number of quaternary nitrogens is 1. The summed E-state index contributed by atoms with van der Waals surface area (Å²) < 4.78 is 0. The molecule has 0 aromatic heterocycles. The molecule has 1 atom stereocenters. The third-order valence-corrected chi connectivity index (χ3v) is 1.79. The summed E-state index contributed by atoms with van der Waals surface area (Å²) in [7, 11) is 0. The smallest absolute Gasteiger partial charge is 0.225 e. The van der Waals surface area contributed by atoms with E-state index in [4.69, 9.17) is 0 Å². The highest BCUT2D eigenvalue weighted by atomic mass is 16.1. The molecule has 0 aromatic rings. The second kappa shape index (κ2) is 5.13. The van der Waals surface area contributed by atoms with E-state index in [9.17, 15) is 4.79 Å². The number of hydrogen-bond acceptors (Lipinski definition) is 1. The van der Waals surface area contributed by atoms with Crippen molar-refractivity contribution in [3.8, 4) is 0 Å². The van der Waals surface area contributed by atoms with Crippen LogP contribution in [0.4, 0.5) is 0 Å². The lowest BCUT2D eigenvalue weighted by atomic mass is 10.1. The van der Waals surface area contributed by atoms with Crippen LogP contribution in [-0.2, 0) is 4.79 Å². The zero-order chi connectivity index (χ0) is 8.85. The van der Waals surface area contributed by atoms with E-state index in [0.717, 1.165) is 0 Å². The molecule has 0 spiro atoms. The molecule has 0 aliphatic carbocycles. The van der Waals surface area contributed by atoms with Crippen molar-refractivity contribution in [1.29, 1.82) is 0 Å². The van der Waals surface area contributed by atoms with E-state index >= 15 is 0 Å². The quantitative estimate of drug-likeness (QED) is 0.585. The van der Waals surface area contributed by atoms with Gasteiger partial charge in [0, 0.05) is 6.04 Å². The van der Waals surface area contributed by atoms with E-state index in [1.54, 1.807) is 0 Å². The fraction of sp³-hybridized carbons (Fsp3) is 0.875. The average molecular weight is 159 g/mol. The number of carbonyl (C=O) groups excluding carboxylic acids is 1. The molecule has 0 aliphatic rings. The third-order valence-electron chi connectivity index (χ3n) is 1.79. The van der Waals surface area contributed by atoms with E-state index in [2.05, 4.69) is 24.9 Å². The summed E-state index contributed by atoms with van der Waals surface area (Å²) in [4.78, 5) is 11.0. The maximum atomic E-state index is 11.0. The van der Waals surface area contributed by atoms with Crippen molar-refractivity contribution in [2.45, 2.75) is 33.2 Å². The second-order valence-electron chi connectivity index (χ2n) is 3.20. The fourth-order valence-electron chi connectivity index (χ4n) is 0.653. The van der Waals surface area contributed by atoms with Gasteiger partial charge in [0.1, 0.15) is 0 Å². The van der Waals surface area contributed by atoms with E-state index in [1.165, 1.54) is 0 Å². The first-order valence-electron chi connectivity index (χ1n) is 4.16. The summed E-state index contributed by atoms with van der Waals surface area (Å²) in [5, 5.41) is 2.90. The average Bonchev–Trinajstić information content (AvgIpc) is 1.87. The first-order valence-corrected chi connectivity index (χ1v) is 4.16. The normalized spacial score (nSPS) is 13.2. The molecule has 1 amide bonds. The van der Waals surface area contributed by atoms with Crippen molar-refractivity contribution in [1.82, 2.24) is 5.32 Å². The topological polar surface area (TPSA) is 56.7 Å². The van der Waals surface area contributed by atoms with Crippen molar-refractivity contribution < 1.29 is 10.5 Å². The lowest BCUT2D eigenvalue weighted by molar-refractivity contribution is -0.366. The van der Waals surface area contributed by atoms with Gasteiger partial charge >= 0.3 is 0 Å². The van der Waals surface area contributed by atoms with Gasteiger partial charge in [-0.3, -0.25) is 4.79 Å². The van der Waals surface area contributed by atoms with Crippen molar-refractivity contribution in [3.05, 3.63) is 0 Å². The molecule has 0 saturated heterocycles. The van der Waals surface area contributed by atoms with Crippen LogP contribution in [0.15, 0.2) is 0 Å². The number of nitrogens with one attached hydrogen (secondary N) is 1. The highest BCUT2D eigenvalue weighted by Gasteiger charge is 2.09. The predicted molar refractivity (Wildman–Crippen MR) is 44.8 cm³/mol. The molecule has 0 radical (unpaired) electrons. The minimum Gasteiger partial charge on any atom is -0.357 e. The highest BCUT2D eigenvalue weighted by molar-refractivity contribution is 5.76. The van der Waals surface area contributed by atoms with Crippen LogP contribution >= 0.6 is 0 Å². The van der Waals surface area contributed by atoms with Crippen molar-refractivity contribution >= 4 is 5.91 Å². The SMILES string of the molecule is CC(C)C(C)NC(=O)CC[NH3+]. The van der Waals surface area contributed by atoms with Crippen LogP contribution in [0.1, 0.15) is 27.2 Å². The molecule has 3 nitrogen and oxygen atoms in total. The molecule has 11 heavy (non-hydrogen) atoms. The van der Waals surface area contributed by atoms with Crippen molar-refractivity contribution in [2.75, 3.05) is 6.54 Å². The van der Waals surface area contributed by atoms with Crippen molar-refractivity contribution in [3.63, 3.8) is 0 Å². The van der Waals surface area contributed by atoms with E-state index in [1.807, 2.05) is 6.92 Å². The molecular weight excluding hydrogens is 140 g/mol. The summed E-state index contributed by atoms with van der Waals surface area (Å²) in [6, 6.07) is 0.272. The first-order chi connectivity index (χ1) is 5.07.